The van der Waals surface area contributed by atoms with Crippen molar-refractivity contribution in [3.8, 4) is 5.88 Å². The van der Waals surface area contributed by atoms with E-state index in [0.29, 0.717) is 34.7 Å². The van der Waals surface area contributed by atoms with Gasteiger partial charge in [0.1, 0.15) is 11.6 Å². The van der Waals surface area contributed by atoms with E-state index in [4.69, 9.17) is 9.72 Å². The minimum absolute atomic E-state index is 0.0401. The molecule has 0 saturated carbocycles. The number of pyridine rings is 1. The lowest BCUT2D eigenvalue weighted by atomic mass is 9.89. The summed E-state index contributed by atoms with van der Waals surface area (Å²) in [5, 5.41) is 4.26. The Bertz CT molecular complexity index is 1190. The van der Waals surface area contributed by atoms with E-state index in [1.165, 1.54) is 6.07 Å². The van der Waals surface area contributed by atoms with Crippen molar-refractivity contribution in [3.63, 3.8) is 0 Å². The third kappa shape index (κ3) is 4.82. The molecule has 1 atom stereocenters. The number of nitrogens with one attached hydrogen (secondary N) is 1. The average Bonchev–Trinajstić information content (AvgIpc) is 2.78. The fraction of sp³-hybridized carbons (Fsp3) is 0.500. The summed E-state index contributed by atoms with van der Waals surface area (Å²) in [7, 11) is 3.78. The Kier molecular flexibility index (Phi) is 6.71. The molecule has 2 aromatic heterocycles. The van der Waals surface area contributed by atoms with Gasteiger partial charge >= 0.3 is 0 Å². The lowest BCUT2D eigenvalue weighted by molar-refractivity contribution is 0.0167. The number of hydrogen-bond donors (Lipinski definition) is 1. The molecular weight excluding hydrogens is 436 g/mol. The SMILES string of the molecule is COc1nc2nc(C)nc(N[C@H](C)c3cccc(C(C)(F)F)c3C)c2cc1C1CCN(C)CC1. The van der Waals surface area contributed by atoms with Crippen LogP contribution in [0.2, 0.25) is 0 Å². The topological polar surface area (TPSA) is 63.2 Å². The minimum atomic E-state index is -2.90. The van der Waals surface area contributed by atoms with E-state index < -0.39 is 5.92 Å². The summed E-state index contributed by atoms with van der Waals surface area (Å²) in [6, 6.07) is 6.90. The smallest absolute Gasteiger partial charge is 0.270 e. The Balaban J connectivity index is 1.75. The van der Waals surface area contributed by atoms with Crippen molar-refractivity contribution in [2.24, 2.45) is 0 Å². The van der Waals surface area contributed by atoms with Crippen LogP contribution in [0.15, 0.2) is 24.3 Å². The van der Waals surface area contributed by atoms with E-state index >= 15 is 0 Å². The van der Waals surface area contributed by atoms with Gasteiger partial charge in [-0.05, 0) is 76.9 Å². The number of methoxy groups -OCH3 is 1. The van der Waals surface area contributed by atoms with Crippen molar-refractivity contribution < 1.29 is 13.5 Å². The van der Waals surface area contributed by atoms with E-state index in [0.717, 1.165) is 49.4 Å². The zero-order valence-electron chi connectivity index (χ0n) is 20.7. The van der Waals surface area contributed by atoms with Crippen LogP contribution in [0.25, 0.3) is 11.0 Å². The molecule has 0 amide bonds. The average molecular weight is 470 g/mol. The molecule has 1 aliphatic rings. The van der Waals surface area contributed by atoms with Gasteiger partial charge in [-0.1, -0.05) is 18.2 Å². The number of halogens is 2. The van der Waals surface area contributed by atoms with Crippen LogP contribution in [0, 0.1) is 13.8 Å². The van der Waals surface area contributed by atoms with Crippen LogP contribution in [0.5, 0.6) is 5.88 Å². The van der Waals surface area contributed by atoms with Crippen molar-refractivity contribution in [1.29, 1.82) is 0 Å². The van der Waals surface area contributed by atoms with Crippen molar-refractivity contribution in [3.05, 3.63) is 52.3 Å². The molecule has 1 N–H and O–H groups in total. The third-order valence-corrected chi connectivity index (χ3v) is 6.81. The number of likely N-dealkylation sites (tertiary alicyclic amines) is 1. The van der Waals surface area contributed by atoms with E-state index in [9.17, 15) is 8.78 Å². The Morgan fingerprint density at radius 2 is 1.85 bits per heavy atom. The highest BCUT2D eigenvalue weighted by atomic mass is 19.3. The molecule has 3 aromatic rings. The number of benzene rings is 1. The maximum Gasteiger partial charge on any atom is 0.270 e. The fourth-order valence-electron chi connectivity index (χ4n) is 4.93. The first-order chi connectivity index (χ1) is 16.1. The number of alkyl halides is 2. The number of rotatable bonds is 6. The first kappa shape index (κ1) is 24.3. The fourth-order valence-corrected chi connectivity index (χ4v) is 4.93. The van der Waals surface area contributed by atoms with Crippen LogP contribution in [-0.2, 0) is 5.92 Å². The molecule has 1 aliphatic heterocycles. The third-order valence-electron chi connectivity index (χ3n) is 6.81. The molecule has 6 nitrogen and oxygen atoms in total. The molecular formula is C26H33F2N5O. The van der Waals surface area contributed by atoms with Crippen LogP contribution in [0.4, 0.5) is 14.6 Å². The predicted octanol–water partition coefficient (Wildman–Crippen LogP) is 5.74. The van der Waals surface area contributed by atoms with Crippen molar-refractivity contribution in [2.75, 3.05) is 32.6 Å². The molecule has 1 aromatic carbocycles. The Morgan fingerprint density at radius 3 is 2.50 bits per heavy atom. The highest BCUT2D eigenvalue weighted by Crippen LogP contribution is 2.37. The summed E-state index contributed by atoms with van der Waals surface area (Å²) >= 11 is 0. The number of anilines is 1. The lowest BCUT2D eigenvalue weighted by Gasteiger charge is -2.30. The Labute approximate surface area is 199 Å². The highest BCUT2D eigenvalue weighted by Gasteiger charge is 2.28. The number of hydrogen-bond acceptors (Lipinski definition) is 6. The predicted molar refractivity (Wildman–Crippen MR) is 131 cm³/mol. The molecule has 182 valence electrons. The van der Waals surface area contributed by atoms with Gasteiger partial charge in [-0.15, -0.1) is 0 Å². The number of ether oxygens (including phenoxy) is 1. The maximum absolute atomic E-state index is 14.1. The molecule has 1 saturated heterocycles. The zero-order chi connectivity index (χ0) is 24.6. The molecule has 0 radical (unpaired) electrons. The van der Waals surface area contributed by atoms with Crippen molar-refractivity contribution >= 4 is 16.9 Å². The lowest BCUT2D eigenvalue weighted by Crippen LogP contribution is -2.29. The zero-order valence-corrected chi connectivity index (χ0v) is 20.7. The molecule has 4 rings (SSSR count). The van der Waals surface area contributed by atoms with E-state index in [-0.39, 0.29) is 11.6 Å². The van der Waals surface area contributed by atoms with Crippen LogP contribution in [0.1, 0.15) is 66.7 Å². The maximum atomic E-state index is 14.1. The van der Waals surface area contributed by atoms with Gasteiger partial charge < -0.3 is 15.0 Å². The van der Waals surface area contributed by atoms with Gasteiger partial charge in [0.05, 0.1) is 18.5 Å². The largest absolute Gasteiger partial charge is 0.481 e. The first-order valence-electron chi connectivity index (χ1n) is 11.7. The highest BCUT2D eigenvalue weighted by molar-refractivity contribution is 5.88. The Morgan fingerprint density at radius 1 is 1.15 bits per heavy atom. The first-order valence-corrected chi connectivity index (χ1v) is 11.7. The van der Waals surface area contributed by atoms with Crippen LogP contribution in [0.3, 0.4) is 0 Å². The van der Waals surface area contributed by atoms with Gasteiger partial charge in [0.25, 0.3) is 5.92 Å². The van der Waals surface area contributed by atoms with E-state index in [1.54, 1.807) is 20.1 Å². The second-order valence-electron chi connectivity index (χ2n) is 9.43. The summed E-state index contributed by atoms with van der Waals surface area (Å²) in [4.78, 5) is 16.3. The summed E-state index contributed by atoms with van der Waals surface area (Å²) in [6.45, 7) is 8.50. The second kappa shape index (κ2) is 9.41. The molecule has 0 aliphatic carbocycles. The Hall–Kier alpha value is -2.87. The molecule has 0 unspecified atom stereocenters. The summed E-state index contributed by atoms with van der Waals surface area (Å²) in [5.41, 5.74) is 3.05. The van der Waals surface area contributed by atoms with Crippen LogP contribution >= 0.6 is 0 Å². The molecule has 0 spiro atoms. The molecule has 3 heterocycles. The minimum Gasteiger partial charge on any atom is -0.481 e. The normalized spacial score (nSPS) is 16.6. The van der Waals surface area contributed by atoms with Gasteiger partial charge in [-0.3, -0.25) is 0 Å². The van der Waals surface area contributed by atoms with Gasteiger partial charge in [0, 0.05) is 18.1 Å². The molecule has 1 fully saturated rings. The van der Waals surface area contributed by atoms with Crippen LogP contribution < -0.4 is 10.1 Å². The van der Waals surface area contributed by atoms with Gasteiger partial charge in [0.15, 0.2) is 5.65 Å². The molecule has 8 heteroatoms. The van der Waals surface area contributed by atoms with Crippen LogP contribution in [-0.4, -0.2) is 47.1 Å². The van der Waals surface area contributed by atoms with Gasteiger partial charge in [-0.2, -0.15) is 4.98 Å². The van der Waals surface area contributed by atoms with Crippen molar-refractivity contribution in [2.45, 2.75) is 58.4 Å². The molecule has 34 heavy (non-hydrogen) atoms. The summed E-state index contributed by atoms with van der Waals surface area (Å²) in [6.07, 6.45) is 2.06. The summed E-state index contributed by atoms with van der Waals surface area (Å²) < 4.78 is 33.8. The van der Waals surface area contributed by atoms with E-state index in [1.807, 2.05) is 19.9 Å². The number of fused-ring (bicyclic) bond motifs is 1. The van der Waals surface area contributed by atoms with Crippen molar-refractivity contribution in [1.82, 2.24) is 19.9 Å². The van der Waals surface area contributed by atoms with E-state index in [2.05, 4.69) is 33.3 Å². The number of nitrogens with zero attached hydrogens (tertiary/aromatic N) is 4. The number of aryl methyl sites for hydroxylation is 1. The number of aromatic nitrogens is 3. The van der Waals surface area contributed by atoms with Gasteiger partial charge in [-0.25, -0.2) is 18.7 Å². The number of piperidine rings is 1. The second-order valence-corrected chi connectivity index (χ2v) is 9.43. The summed E-state index contributed by atoms with van der Waals surface area (Å²) in [5.74, 6) is -0.725. The quantitative estimate of drug-likeness (QED) is 0.496. The monoisotopic (exact) mass is 469 g/mol. The standard InChI is InChI=1S/C26H33F2N5O/c1-15-19(8-7-9-22(15)26(4,27)28)16(2)29-23-21-14-20(18-10-12-33(5)13-11-18)25(34-6)32-24(21)31-17(3)30-23/h7-9,14,16,18H,10-13H2,1-6H3,(H,29,30,31,32)/t16-/m1/s1. The van der Waals surface area contributed by atoms with Gasteiger partial charge in [0.2, 0.25) is 5.88 Å². The molecule has 0 bridgehead atoms.